The Morgan fingerprint density at radius 3 is 2.74 bits per heavy atom. The van der Waals surface area contributed by atoms with Crippen LogP contribution in [0.3, 0.4) is 0 Å². The lowest BCUT2D eigenvalue weighted by Crippen LogP contribution is -2.34. The molecule has 0 saturated heterocycles. The summed E-state index contributed by atoms with van der Waals surface area (Å²) in [5.41, 5.74) is 1.36. The van der Waals surface area contributed by atoms with Crippen LogP contribution in [0.25, 0.3) is 11.0 Å². The van der Waals surface area contributed by atoms with Gasteiger partial charge in [-0.1, -0.05) is 0 Å². The van der Waals surface area contributed by atoms with E-state index in [0.29, 0.717) is 11.3 Å². The predicted octanol–water partition coefficient (Wildman–Crippen LogP) is 0.758. The van der Waals surface area contributed by atoms with Gasteiger partial charge in [0.2, 0.25) is 0 Å². The lowest BCUT2D eigenvalue weighted by Gasteiger charge is -2.13. The van der Waals surface area contributed by atoms with Gasteiger partial charge in [0.15, 0.2) is 0 Å². The van der Waals surface area contributed by atoms with Crippen molar-refractivity contribution in [2.45, 2.75) is 6.92 Å². The summed E-state index contributed by atoms with van der Waals surface area (Å²) in [5, 5.41) is 12.5. The van der Waals surface area contributed by atoms with E-state index >= 15 is 0 Å². The van der Waals surface area contributed by atoms with Crippen molar-refractivity contribution in [3.8, 4) is 0 Å². The van der Waals surface area contributed by atoms with E-state index in [1.54, 1.807) is 25.1 Å². The molecule has 7 heteroatoms. The fourth-order valence-electron chi connectivity index (χ4n) is 2.47. The first-order valence-electron chi connectivity index (χ1n) is 6.99. The molecule has 0 saturated carbocycles. The molecular formula is C16H14N2O5. The van der Waals surface area contributed by atoms with Crippen LogP contribution in [0.5, 0.6) is 0 Å². The first kappa shape index (κ1) is 15.0. The number of carbonyl (C=O) groups is 2. The molecule has 0 bridgehead atoms. The number of aliphatic hydroxyl groups is 1. The Bertz CT molecular complexity index is 897. The summed E-state index contributed by atoms with van der Waals surface area (Å²) in [6.45, 7) is 1.46. The Labute approximate surface area is 130 Å². The van der Waals surface area contributed by atoms with Crippen LogP contribution in [0, 0.1) is 6.92 Å². The zero-order valence-corrected chi connectivity index (χ0v) is 12.3. The Balaban J connectivity index is 1.91. The summed E-state index contributed by atoms with van der Waals surface area (Å²) in [6, 6.07) is 6.49. The van der Waals surface area contributed by atoms with Crippen molar-refractivity contribution in [3.05, 3.63) is 52.0 Å². The first-order valence-corrected chi connectivity index (χ1v) is 6.99. The summed E-state index contributed by atoms with van der Waals surface area (Å²) >= 11 is 0. The standard InChI is InChI=1S/C16H14N2O5/c1-9-6-15(21)23-13-7-10(2-3-11(9)13)17-12-8-14(20)18(4-5-19)16(12)22/h2-3,6-8,17,19H,4-5H2,1H3. The summed E-state index contributed by atoms with van der Waals surface area (Å²) in [5.74, 6) is -0.982. The molecule has 0 fully saturated rings. The number of imide groups is 1. The molecule has 23 heavy (non-hydrogen) atoms. The monoisotopic (exact) mass is 314 g/mol. The Hall–Kier alpha value is -2.93. The van der Waals surface area contributed by atoms with Crippen LogP contribution < -0.4 is 10.9 Å². The van der Waals surface area contributed by atoms with Gasteiger partial charge >= 0.3 is 5.63 Å². The van der Waals surface area contributed by atoms with Gasteiger partial charge in [-0.05, 0) is 24.6 Å². The third kappa shape index (κ3) is 2.74. The van der Waals surface area contributed by atoms with Gasteiger partial charge in [0.05, 0.1) is 13.2 Å². The Morgan fingerprint density at radius 1 is 1.22 bits per heavy atom. The van der Waals surface area contributed by atoms with E-state index in [9.17, 15) is 14.4 Å². The highest BCUT2D eigenvalue weighted by Gasteiger charge is 2.30. The van der Waals surface area contributed by atoms with Gasteiger partial charge in [0.25, 0.3) is 11.8 Å². The molecule has 0 spiro atoms. The Morgan fingerprint density at radius 2 is 2.00 bits per heavy atom. The fraction of sp³-hybridized carbons (Fsp3) is 0.188. The maximum absolute atomic E-state index is 12.1. The lowest BCUT2D eigenvalue weighted by molar-refractivity contribution is -0.137. The number of β-amino-alcohol motifs (C(OH)–C–C–N with tert-alkyl or cyclic N) is 1. The zero-order valence-electron chi connectivity index (χ0n) is 12.3. The number of carbonyl (C=O) groups excluding carboxylic acids is 2. The van der Waals surface area contributed by atoms with Crippen molar-refractivity contribution >= 4 is 28.5 Å². The maximum atomic E-state index is 12.1. The zero-order chi connectivity index (χ0) is 16.6. The molecule has 1 aliphatic rings. The second-order valence-electron chi connectivity index (χ2n) is 5.16. The number of fused-ring (bicyclic) bond motifs is 1. The SMILES string of the molecule is Cc1cc(=O)oc2cc(NC3=CC(=O)N(CCO)C3=O)ccc12. The van der Waals surface area contributed by atoms with Crippen LogP contribution in [0.2, 0.25) is 0 Å². The van der Waals surface area contributed by atoms with Crippen molar-refractivity contribution in [2.24, 2.45) is 0 Å². The van der Waals surface area contributed by atoms with Crippen LogP contribution >= 0.6 is 0 Å². The second kappa shape index (κ2) is 5.69. The molecule has 0 aliphatic carbocycles. The van der Waals surface area contributed by atoms with Crippen LogP contribution in [0.15, 0.2) is 45.3 Å². The molecule has 118 valence electrons. The maximum Gasteiger partial charge on any atom is 0.336 e. The average Bonchev–Trinajstić information content (AvgIpc) is 2.75. The van der Waals surface area contributed by atoms with Gasteiger partial charge in [-0.3, -0.25) is 14.5 Å². The minimum Gasteiger partial charge on any atom is -0.423 e. The lowest BCUT2D eigenvalue weighted by atomic mass is 10.1. The van der Waals surface area contributed by atoms with Gasteiger partial charge in [0.1, 0.15) is 11.3 Å². The van der Waals surface area contributed by atoms with E-state index in [4.69, 9.17) is 9.52 Å². The van der Waals surface area contributed by atoms with E-state index in [1.807, 2.05) is 0 Å². The number of aryl methyl sites for hydroxylation is 1. The normalized spacial score (nSPS) is 14.5. The molecule has 2 heterocycles. The van der Waals surface area contributed by atoms with E-state index in [1.165, 1.54) is 12.1 Å². The number of amides is 2. The summed E-state index contributed by atoms with van der Waals surface area (Å²) < 4.78 is 5.14. The van der Waals surface area contributed by atoms with Crippen molar-refractivity contribution in [3.63, 3.8) is 0 Å². The number of aliphatic hydroxyl groups excluding tert-OH is 1. The number of nitrogens with one attached hydrogen (secondary N) is 1. The largest absolute Gasteiger partial charge is 0.423 e. The summed E-state index contributed by atoms with van der Waals surface area (Å²) in [6.07, 6.45) is 1.18. The van der Waals surface area contributed by atoms with Crippen LogP contribution in [-0.4, -0.2) is 35.0 Å². The quantitative estimate of drug-likeness (QED) is 0.638. The van der Waals surface area contributed by atoms with Crippen LogP contribution in [-0.2, 0) is 9.59 Å². The minimum absolute atomic E-state index is 0.0505. The van der Waals surface area contributed by atoms with Crippen molar-refractivity contribution in [1.82, 2.24) is 4.90 Å². The van der Waals surface area contributed by atoms with Crippen molar-refractivity contribution in [1.29, 1.82) is 0 Å². The highest BCUT2D eigenvalue weighted by Crippen LogP contribution is 2.23. The molecule has 1 aliphatic heterocycles. The highest BCUT2D eigenvalue weighted by atomic mass is 16.4. The van der Waals surface area contributed by atoms with Crippen LogP contribution in [0.4, 0.5) is 5.69 Å². The van der Waals surface area contributed by atoms with Gasteiger partial charge in [-0.15, -0.1) is 0 Å². The third-order valence-electron chi connectivity index (χ3n) is 3.56. The number of hydrogen-bond acceptors (Lipinski definition) is 6. The molecular weight excluding hydrogens is 300 g/mol. The molecule has 0 unspecified atom stereocenters. The third-order valence-corrected chi connectivity index (χ3v) is 3.56. The number of anilines is 1. The molecule has 0 atom stereocenters. The molecule has 2 aromatic rings. The molecule has 1 aromatic heterocycles. The number of nitrogens with zero attached hydrogens (tertiary/aromatic N) is 1. The van der Waals surface area contributed by atoms with E-state index < -0.39 is 17.4 Å². The van der Waals surface area contributed by atoms with E-state index in [2.05, 4.69) is 5.32 Å². The summed E-state index contributed by atoms with van der Waals surface area (Å²) in [7, 11) is 0. The van der Waals surface area contributed by atoms with Crippen molar-refractivity contribution in [2.75, 3.05) is 18.5 Å². The molecule has 1 aromatic carbocycles. The molecule has 0 radical (unpaired) electrons. The van der Waals surface area contributed by atoms with Crippen LogP contribution in [0.1, 0.15) is 5.56 Å². The molecule has 7 nitrogen and oxygen atoms in total. The average molecular weight is 314 g/mol. The first-order chi connectivity index (χ1) is 11.0. The smallest absolute Gasteiger partial charge is 0.336 e. The summed E-state index contributed by atoms with van der Waals surface area (Å²) in [4.78, 5) is 36.2. The minimum atomic E-state index is -0.505. The molecule has 2 amide bonds. The van der Waals surface area contributed by atoms with E-state index in [0.717, 1.165) is 15.8 Å². The van der Waals surface area contributed by atoms with Gasteiger partial charge in [-0.2, -0.15) is 0 Å². The number of benzene rings is 1. The second-order valence-corrected chi connectivity index (χ2v) is 5.16. The van der Waals surface area contributed by atoms with Crippen molar-refractivity contribution < 1.29 is 19.1 Å². The highest BCUT2D eigenvalue weighted by molar-refractivity contribution is 6.17. The molecule has 3 rings (SSSR count). The number of rotatable bonds is 4. The fourth-order valence-corrected chi connectivity index (χ4v) is 2.47. The van der Waals surface area contributed by atoms with E-state index in [-0.39, 0.29) is 18.8 Å². The number of hydrogen-bond donors (Lipinski definition) is 2. The topological polar surface area (TPSA) is 99.8 Å². The Kier molecular flexibility index (Phi) is 3.71. The van der Waals surface area contributed by atoms with Gasteiger partial charge in [-0.25, -0.2) is 4.79 Å². The molecule has 2 N–H and O–H groups in total. The predicted molar refractivity (Wildman–Crippen MR) is 82.7 cm³/mol. The van der Waals surface area contributed by atoms with Gasteiger partial charge in [0, 0.05) is 29.3 Å². The van der Waals surface area contributed by atoms with Gasteiger partial charge < -0.3 is 14.8 Å².